The summed E-state index contributed by atoms with van der Waals surface area (Å²) >= 11 is 0. The predicted molar refractivity (Wildman–Crippen MR) is 73.5 cm³/mol. The number of rotatable bonds is 10. The van der Waals surface area contributed by atoms with Gasteiger partial charge in [-0.15, -0.1) is 0 Å². The molecule has 0 aliphatic heterocycles. The van der Waals surface area contributed by atoms with Crippen LogP contribution in [0.3, 0.4) is 0 Å². The number of furan rings is 1. The lowest BCUT2D eigenvalue weighted by atomic mass is 10.4. The van der Waals surface area contributed by atoms with Gasteiger partial charge in [0.05, 0.1) is 6.54 Å². The van der Waals surface area contributed by atoms with Crippen molar-refractivity contribution < 1.29 is 9.15 Å². The molecule has 0 spiro atoms. The van der Waals surface area contributed by atoms with Crippen molar-refractivity contribution in [3.63, 3.8) is 0 Å². The third-order valence-corrected chi connectivity index (χ3v) is 2.58. The third kappa shape index (κ3) is 6.79. The van der Waals surface area contributed by atoms with Crippen LogP contribution in [0.4, 0.5) is 0 Å². The molecule has 1 N–H and O–H groups in total. The normalized spacial score (nSPS) is 11.3. The van der Waals surface area contributed by atoms with E-state index in [2.05, 4.69) is 31.2 Å². The van der Waals surface area contributed by atoms with Gasteiger partial charge < -0.3 is 19.4 Å². The Kier molecular flexibility index (Phi) is 7.73. The summed E-state index contributed by atoms with van der Waals surface area (Å²) in [5.74, 6) is 1.89. The first kappa shape index (κ1) is 15.2. The van der Waals surface area contributed by atoms with Crippen LogP contribution in [0.2, 0.25) is 0 Å². The van der Waals surface area contributed by atoms with Crippen LogP contribution >= 0.6 is 0 Å². The van der Waals surface area contributed by atoms with Gasteiger partial charge in [-0.2, -0.15) is 0 Å². The summed E-state index contributed by atoms with van der Waals surface area (Å²) in [7, 11) is 4.14. The fraction of sp³-hybridized carbons (Fsp3) is 0.714. The molecule has 1 aromatic rings. The molecule has 4 heteroatoms. The Morgan fingerprint density at radius 1 is 1.28 bits per heavy atom. The smallest absolute Gasteiger partial charge is 0.129 e. The standard InChI is InChI=1S/C14H26N2O2/c1-4-8-15-11-13-6-7-14(18-13)12-17-10-5-9-16(2)3/h6-7,15H,4-5,8-12H2,1-3H3. The zero-order valence-electron chi connectivity index (χ0n) is 11.9. The van der Waals surface area contributed by atoms with Crippen LogP contribution in [-0.2, 0) is 17.9 Å². The number of ether oxygens (including phenoxy) is 1. The second-order valence-electron chi connectivity index (χ2n) is 4.75. The molecule has 0 unspecified atom stereocenters. The molecular formula is C14H26N2O2. The summed E-state index contributed by atoms with van der Waals surface area (Å²) in [6, 6.07) is 4.01. The monoisotopic (exact) mass is 254 g/mol. The SMILES string of the molecule is CCCNCc1ccc(COCCCN(C)C)o1. The van der Waals surface area contributed by atoms with Gasteiger partial charge in [0, 0.05) is 6.61 Å². The molecule has 0 aliphatic rings. The van der Waals surface area contributed by atoms with Gasteiger partial charge in [0.2, 0.25) is 0 Å². The zero-order valence-corrected chi connectivity index (χ0v) is 11.9. The van der Waals surface area contributed by atoms with E-state index in [9.17, 15) is 0 Å². The van der Waals surface area contributed by atoms with Gasteiger partial charge in [-0.05, 0) is 52.2 Å². The lowest BCUT2D eigenvalue weighted by Crippen LogP contribution is -2.14. The van der Waals surface area contributed by atoms with Crippen molar-refractivity contribution in [2.24, 2.45) is 0 Å². The molecule has 1 rings (SSSR count). The minimum Gasteiger partial charge on any atom is -0.462 e. The summed E-state index contributed by atoms with van der Waals surface area (Å²) in [6.07, 6.45) is 2.20. The maximum atomic E-state index is 5.66. The lowest BCUT2D eigenvalue weighted by Gasteiger charge is -2.08. The van der Waals surface area contributed by atoms with Crippen LogP contribution in [0.1, 0.15) is 31.3 Å². The summed E-state index contributed by atoms with van der Waals surface area (Å²) < 4.78 is 11.2. The second-order valence-corrected chi connectivity index (χ2v) is 4.75. The fourth-order valence-electron chi connectivity index (χ4n) is 1.64. The van der Waals surface area contributed by atoms with Gasteiger partial charge in [-0.25, -0.2) is 0 Å². The fourth-order valence-corrected chi connectivity index (χ4v) is 1.64. The maximum absolute atomic E-state index is 5.66. The summed E-state index contributed by atoms with van der Waals surface area (Å²) in [4.78, 5) is 2.16. The molecule has 104 valence electrons. The van der Waals surface area contributed by atoms with E-state index in [0.29, 0.717) is 6.61 Å². The topological polar surface area (TPSA) is 37.6 Å². The molecule has 4 nitrogen and oxygen atoms in total. The van der Waals surface area contributed by atoms with E-state index in [-0.39, 0.29) is 0 Å². The van der Waals surface area contributed by atoms with E-state index in [1.54, 1.807) is 0 Å². The van der Waals surface area contributed by atoms with E-state index >= 15 is 0 Å². The van der Waals surface area contributed by atoms with E-state index in [0.717, 1.165) is 50.6 Å². The average Bonchev–Trinajstić information content (AvgIpc) is 2.77. The van der Waals surface area contributed by atoms with Crippen LogP contribution in [0.5, 0.6) is 0 Å². The molecular weight excluding hydrogens is 228 g/mol. The molecule has 18 heavy (non-hydrogen) atoms. The Balaban J connectivity index is 2.11. The lowest BCUT2D eigenvalue weighted by molar-refractivity contribution is 0.0984. The van der Waals surface area contributed by atoms with Crippen molar-refractivity contribution in [3.8, 4) is 0 Å². The summed E-state index contributed by atoms with van der Waals surface area (Å²) in [5, 5.41) is 3.31. The van der Waals surface area contributed by atoms with E-state index in [1.165, 1.54) is 0 Å². The Morgan fingerprint density at radius 3 is 2.78 bits per heavy atom. The minimum atomic E-state index is 0.571. The molecule has 0 saturated heterocycles. The molecule has 0 aromatic carbocycles. The van der Waals surface area contributed by atoms with E-state index in [4.69, 9.17) is 9.15 Å². The highest BCUT2D eigenvalue weighted by Crippen LogP contribution is 2.09. The van der Waals surface area contributed by atoms with Gasteiger partial charge in [0.1, 0.15) is 18.1 Å². The maximum Gasteiger partial charge on any atom is 0.129 e. The summed E-state index contributed by atoms with van der Waals surface area (Å²) in [6.45, 7) is 6.39. The molecule has 0 saturated carbocycles. The molecule has 0 aliphatic carbocycles. The van der Waals surface area contributed by atoms with Crippen LogP contribution in [0.15, 0.2) is 16.5 Å². The highest BCUT2D eigenvalue weighted by atomic mass is 16.5. The second kappa shape index (κ2) is 9.14. The third-order valence-electron chi connectivity index (χ3n) is 2.58. The van der Waals surface area contributed by atoms with Gasteiger partial charge in [-0.3, -0.25) is 0 Å². The van der Waals surface area contributed by atoms with Crippen LogP contribution in [-0.4, -0.2) is 38.7 Å². The first-order valence-corrected chi connectivity index (χ1v) is 6.73. The Morgan fingerprint density at radius 2 is 2.06 bits per heavy atom. The number of hydrogen-bond acceptors (Lipinski definition) is 4. The first-order chi connectivity index (χ1) is 8.72. The largest absolute Gasteiger partial charge is 0.462 e. The molecule has 0 fully saturated rings. The van der Waals surface area contributed by atoms with Crippen LogP contribution in [0.25, 0.3) is 0 Å². The number of nitrogens with one attached hydrogen (secondary N) is 1. The zero-order chi connectivity index (χ0) is 13.2. The Hall–Kier alpha value is -0.840. The van der Waals surface area contributed by atoms with Crippen molar-refractivity contribution in [1.82, 2.24) is 10.2 Å². The van der Waals surface area contributed by atoms with Gasteiger partial charge >= 0.3 is 0 Å². The molecule has 0 bridgehead atoms. The quantitative estimate of drug-likeness (QED) is 0.650. The predicted octanol–water partition coefficient (Wildman–Crippen LogP) is 2.25. The minimum absolute atomic E-state index is 0.571. The van der Waals surface area contributed by atoms with E-state index < -0.39 is 0 Å². The Bertz CT molecular complexity index is 310. The van der Waals surface area contributed by atoms with Crippen LogP contribution < -0.4 is 5.32 Å². The average molecular weight is 254 g/mol. The van der Waals surface area contributed by atoms with Crippen molar-refractivity contribution in [3.05, 3.63) is 23.7 Å². The van der Waals surface area contributed by atoms with E-state index in [1.807, 2.05) is 12.1 Å². The summed E-state index contributed by atoms with van der Waals surface area (Å²) in [5.41, 5.74) is 0. The molecule has 1 heterocycles. The highest BCUT2D eigenvalue weighted by molar-refractivity contribution is 5.06. The van der Waals surface area contributed by atoms with Gasteiger partial charge in [0.15, 0.2) is 0 Å². The molecule has 0 radical (unpaired) electrons. The number of hydrogen-bond donors (Lipinski definition) is 1. The van der Waals surface area contributed by atoms with Crippen molar-refractivity contribution in [1.29, 1.82) is 0 Å². The molecule has 1 aromatic heterocycles. The van der Waals surface area contributed by atoms with Crippen molar-refractivity contribution >= 4 is 0 Å². The van der Waals surface area contributed by atoms with Crippen molar-refractivity contribution in [2.75, 3.05) is 33.8 Å². The Labute approximate surface area is 110 Å². The van der Waals surface area contributed by atoms with Crippen LogP contribution in [0, 0.1) is 0 Å². The van der Waals surface area contributed by atoms with Crippen molar-refractivity contribution in [2.45, 2.75) is 32.9 Å². The van der Waals surface area contributed by atoms with Gasteiger partial charge in [0.25, 0.3) is 0 Å². The molecule has 0 amide bonds. The first-order valence-electron chi connectivity index (χ1n) is 6.73. The van der Waals surface area contributed by atoms with Gasteiger partial charge in [-0.1, -0.05) is 6.92 Å². The molecule has 0 atom stereocenters. The number of nitrogens with zero attached hydrogens (tertiary/aromatic N) is 1. The highest BCUT2D eigenvalue weighted by Gasteiger charge is 2.01.